The molecule has 98 valence electrons. The molecular formula is C16H23NO. The molecule has 1 aromatic carbocycles. The van der Waals surface area contributed by atoms with Crippen molar-refractivity contribution >= 4 is 5.78 Å². The number of aryl methyl sites for hydroxylation is 2. The molecule has 0 amide bonds. The summed E-state index contributed by atoms with van der Waals surface area (Å²) >= 11 is 0. The molecule has 2 rings (SSSR count). The average Bonchev–Trinajstić information content (AvgIpc) is 2.34. The van der Waals surface area contributed by atoms with E-state index in [4.69, 9.17) is 0 Å². The predicted molar refractivity (Wildman–Crippen MR) is 74.9 cm³/mol. The first-order valence-corrected chi connectivity index (χ1v) is 6.86. The van der Waals surface area contributed by atoms with Gasteiger partial charge < -0.3 is 5.32 Å². The van der Waals surface area contributed by atoms with Crippen molar-refractivity contribution in [3.8, 4) is 0 Å². The molecule has 1 aliphatic rings. The molecule has 1 N–H and O–H groups in total. The Labute approximate surface area is 110 Å². The summed E-state index contributed by atoms with van der Waals surface area (Å²) in [4.78, 5) is 12.5. The van der Waals surface area contributed by atoms with Gasteiger partial charge >= 0.3 is 0 Å². The largest absolute Gasteiger partial charge is 0.305 e. The Bertz CT molecular complexity index is 424. The molecule has 1 fully saturated rings. The first-order valence-electron chi connectivity index (χ1n) is 6.86. The van der Waals surface area contributed by atoms with Crippen LogP contribution in [-0.4, -0.2) is 17.9 Å². The number of piperidine rings is 1. The van der Waals surface area contributed by atoms with Gasteiger partial charge in [-0.3, -0.25) is 4.79 Å². The highest BCUT2D eigenvalue weighted by Gasteiger charge is 2.33. The highest BCUT2D eigenvalue weighted by molar-refractivity contribution is 5.90. The van der Waals surface area contributed by atoms with Crippen molar-refractivity contribution in [3.63, 3.8) is 0 Å². The van der Waals surface area contributed by atoms with E-state index in [9.17, 15) is 4.79 Å². The van der Waals surface area contributed by atoms with Crippen molar-refractivity contribution in [1.82, 2.24) is 5.32 Å². The molecular weight excluding hydrogens is 222 g/mol. The second-order valence-corrected chi connectivity index (χ2v) is 5.69. The summed E-state index contributed by atoms with van der Waals surface area (Å²) in [6.45, 7) is 7.20. The van der Waals surface area contributed by atoms with Crippen molar-refractivity contribution in [2.75, 3.05) is 6.54 Å². The Balaban J connectivity index is 2.16. The Morgan fingerprint density at radius 2 is 1.94 bits per heavy atom. The van der Waals surface area contributed by atoms with E-state index in [0.29, 0.717) is 12.2 Å². The highest BCUT2D eigenvalue weighted by atomic mass is 16.1. The Hall–Kier alpha value is -1.15. The van der Waals surface area contributed by atoms with Gasteiger partial charge in [-0.1, -0.05) is 18.2 Å². The fourth-order valence-electron chi connectivity index (χ4n) is 2.78. The highest BCUT2D eigenvalue weighted by Crippen LogP contribution is 2.23. The van der Waals surface area contributed by atoms with Crippen LogP contribution < -0.4 is 5.32 Å². The van der Waals surface area contributed by atoms with E-state index < -0.39 is 0 Å². The minimum Gasteiger partial charge on any atom is -0.305 e. The number of carbonyl (C=O) groups is 1. The Kier molecular flexibility index (Phi) is 3.86. The maximum absolute atomic E-state index is 12.5. The number of Topliss-reactive ketones (excluding diaryl/α,β-unsaturated/α-hetero) is 1. The van der Waals surface area contributed by atoms with E-state index in [-0.39, 0.29) is 5.54 Å². The van der Waals surface area contributed by atoms with Crippen LogP contribution in [0.5, 0.6) is 0 Å². The first kappa shape index (κ1) is 13.3. The van der Waals surface area contributed by atoms with Gasteiger partial charge in [0.15, 0.2) is 5.78 Å². The molecule has 1 atom stereocenters. The van der Waals surface area contributed by atoms with Gasteiger partial charge in [0, 0.05) is 6.42 Å². The lowest BCUT2D eigenvalue weighted by Gasteiger charge is -2.33. The molecule has 0 spiro atoms. The van der Waals surface area contributed by atoms with E-state index in [1.54, 1.807) is 0 Å². The number of ketones is 1. The molecule has 18 heavy (non-hydrogen) atoms. The van der Waals surface area contributed by atoms with Crippen LogP contribution in [0.15, 0.2) is 18.2 Å². The predicted octanol–water partition coefficient (Wildman–Crippen LogP) is 2.95. The van der Waals surface area contributed by atoms with E-state index in [1.165, 1.54) is 23.1 Å². The monoisotopic (exact) mass is 245 g/mol. The Morgan fingerprint density at radius 1 is 1.28 bits per heavy atom. The maximum Gasteiger partial charge on any atom is 0.156 e. The number of hydrogen-bond acceptors (Lipinski definition) is 2. The third kappa shape index (κ3) is 2.64. The molecule has 1 saturated heterocycles. The topological polar surface area (TPSA) is 29.1 Å². The number of rotatable bonds is 3. The van der Waals surface area contributed by atoms with Crippen LogP contribution in [-0.2, 0) is 11.2 Å². The normalized spacial score (nSPS) is 23.9. The van der Waals surface area contributed by atoms with Gasteiger partial charge in [0.1, 0.15) is 0 Å². The number of benzene rings is 1. The third-order valence-electron chi connectivity index (χ3n) is 4.22. The van der Waals surface area contributed by atoms with Crippen LogP contribution in [0.4, 0.5) is 0 Å². The standard InChI is InChI=1S/C16H23NO/c1-12-7-6-8-13(2)14(12)11-15(18)16(3)9-4-5-10-17-16/h6-8,17H,4-5,9-11H2,1-3H3. The molecule has 1 aliphatic heterocycles. The van der Waals surface area contributed by atoms with Gasteiger partial charge in [-0.15, -0.1) is 0 Å². The number of hydrogen-bond donors (Lipinski definition) is 1. The van der Waals surface area contributed by atoms with Crippen LogP contribution >= 0.6 is 0 Å². The molecule has 1 unspecified atom stereocenters. The molecule has 0 aliphatic carbocycles. The Morgan fingerprint density at radius 3 is 2.50 bits per heavy atom. The molecule has 0 radical (unpaired) electrons. The van der Waals surface area contributed by atoms with E-state index >= 15 is 0 Å². The molecule has 0 aromatic heterocycles. The SMILES string of the molecule is Cc1cccc(C)c1CC(=O)C1(C)CCCCN1. The summed E-state index contributed by atoms with van der Waals surface area (Å²) < 4.78 is 0. The van der Waals surface area contributed by atoms with Crippen molar-refractivity contribution < 1.29 is 4.79 Å². The van der Waals surface area contributed by atoms with Crippen molar-refractivity contribution in [1.29, 1.82) is 0 Å². The summed E-state index contributed by atoms with van der Waals surface area (Å²) in [5.74, 6) is 0.333. The summed E-state index contributed by atoms with van der Waals surface area (Å²) in [6, 6.07) is 6.23. The van der Waals surface area contributed by atoms with Crippen molar-refractivity contribution in [3.05, 3.63) is 34.9 Å². The minimum atomic E-state index is -0.313. The van der Waals surface area contributed by atoms with Gasteiger partial charge in [0.2, 0.25) is 0 Å². The lowest BCUT2D eigenvalue weighted by molar-refractivity contribution is -0.125. The molecule has 0 saturated carbocycles. The van der Waals surface area contributed by atoms with Crippen molar-refractivity contribution in [2.24, 2.45) is 0 Å². The summed E-state index contributed by atoms with van der Waals surface area (Å²) in [5.41, 5.74) is 3.34. The van der Waals surface area contributed by atoms with Crippen LogP contribution in [0.3, 0.4) is 0 Å². The van der Waals surface area contributed by atoms with Gasteiger partial charge in [-0.2, -0.15) is 0 Å². The van der Waals surface area contributed by atoms with Gasteiger partial charge in [0.25, 0.3) is 0 Å². The van der Waals surface area contributed by atoms with Gasteiger partial charge in [0.05, 0.1) is 5.54 Å². The van der Waals surface area contributed by atoms with Crippen LogP contribution in [0.1, 0.15) is 42.9 Å². The zero-order valence-electron chi connectivity index (χ0n) is 11.7. The zero-order valence-corrected chi connectivity index (χ0v) is 11.7. The molecule has 1 aromatic rings. The fraction of sp³-hybridized carbons (Fsp3) is 0.562. The first-order chi connectivity index (χ1) is 8.53. The number of carbonyl (C=O) groups excluding carboxylic acids is 1. The lowest BCUT2D eigenvalue weighted by atomic mass is 9.83. The fourth-order valence-corrected chi connectivity index (χ4v) is 2.78. The number of nitrogens with one attached hydrogen (secondary N) is 1. The molecule has 2 heteroatoms. The molecule has 0 bridgehead atoms. The van der Waals surface area contributed by atoms with Crippen molar-refractivity contribution in [2.45, 2.75) is 52.0 Å². The summed E-state index contributed by atoms with van der Waals surface area (Å²) in [5, 5.41) is 3.40. The van der Waals surface area contributed by atoms with E-state index in [2.05, 4.69) is 44.3 Å². The molecule has 2 nitrogen and oxygen atoms in total. The van der Waals surface area contributed by atoms with E-state index in [0.717, 1.165) is 19.4 Å². The van der Waals surface area contributed by atoms with Gasteiger partial charge in [-0.25, -0.2) is 0 Å². The maximum atomic E-state index is 12.5. The zero-order chi connectivity index (χ0) is 13.2. The summed E-state index contributed by atoms with van der Waals surface area (Å²) in [6.07, 6.45) is 3.87. The van der Waals surface area contributed by atoms with Crippen LogP contribution in [0.25, 0.3) is 0 Å². The lowest BCUT2D eigenvalue weighted by Crippen LogP contribution is -2.52. The second kappa shape index (κ2) is 5.23. The van der Waals surface area contributed by atoms with Crippen LogP contribution in [0, 0.1) is 13.8 Å². The minimum absolute atomic E-state index is 0.313. The van der Waals surface area contributed by atoms with E-state index in [1.807, 2.05) is 0 Å². The summed E-state index contributed by atoms with van der Waals surface area (Å²) in [7, 11) is 0. The van der Waals surface area contributed by atoms with Crippen LogP contribution in [0.2, 0.25) is 0 Å². The third-order valence-corrected chi connectivity index (χ3v) is 4.22. The van der Waals surface area contributed by atoms with Gasteiger partial charge in [-0.05, 0) is 63.3 Å². The quantitative estimate of drug-likeness (QED) is 0.887. The second-order valence-electron chi connectivity index (χ2n) is 5.69. The smallest absolute Gasteiger partial charge is 0.156 e. The molecule has 1 heterocycles. The average molecular weight is 245 g/mol.